The summed E-state index contributed by atoms with van der Waals surface area (Å²) in [6, 6.07) is 15.4. The van der Waals surface area contributed by atoms with Crippen LogP contribution in [0.3, 0.4) is 0 Å². The third kappa shape index (κ3) is 4.70. The minimum absolute atomic E-state index is 0.141. The van der Waals surface area contributed by atoms with Gasteiger partial charge in [-0.25, -0.2) is 0 Å². The van der Waals surface area contributed by atoms with Gasteiger partial charge in [-0.2, -0.15) is 0 Å². The molecule has 0 saturated carbocycles. The highest BCUT2D eigenvalue weighted by atomic mass is 28.3. The molecule has 0 N–H and O–H groups in total. The van der Waals surface area contributed by atoms with Crippen molar-refractivity contribution in [2.45, 2.75) is 39.3 Å². The van der Waals surface area contributed by atoms with E-state index in [4.69, 9.17) is 9.00 Å². The molecule has 1 heterocycles. The first-order chi connectivity index (χ1) is 12.9. The van der Waals surface area contributed by atoms with Crippen molar-refractivity contribution in [3.63, 3.8) is 0 Å². The third-order valence-corrected chi connectivity index (χ3v) is 8.99. The fourth-order valence-corrected chi connectivity index (χ4v) is 5.41. The molecule has 0 radical (unpaired) electrons. The second-order valence-corrected chi connectivity index (χ2v) is 19.5. The van der Waals surface area contributed by atoms with E-state index in [0.717, 1.165) is 0 Å². The molecule has 0 bridgehead atoms. The van der Waals surface area contributed by atoms with Crippen LogP contribution in [0, 0.1) is 0 Å². The van der Waals surface area contributed by atoms with Gasteiger partial charge in [0.25, 0.3) is 5.78 Å². The van der Waals surface area contributed by atoms with Gasteiger partial charge in [0.05, 0.1) is 33.5 Å². The quantitative estimate of drug-likeness (QED) is 0.511. The average Bonchev–Trinajstić information content (AvgIpc) is 2.59. The summed E-state index contributed by atoms with van der Waals surface area (Å²) in [6.07, 6.45) is 1.56. The van der Waals surface area contributed by atoms with Crippen LogP contribution in [0.15, 0.2) is 54.6 Å². The molecule has 0 spiro atoms. The van der Waals surface area contributed by atoms with Crippen LogP contribution in [0.2, 0.25) is 39.3 Å². The minimum Gasteiger partial charge on any atom is -0.569 e. The molecule has 0 unspecified atom stereocenters. The number of hydrogen-bond donors (Lipinski definition) is 0. The molecular weight excluding hydrogens is 389 g/mol. The van der Waals surface area contributed by atoms with Crippen LogP contribution in [0.25, 0.3) is 5.76 Å². The predicted octanol–water partition coefficient (Wildman–Crippen LogP) is 4.94. The SMILES string of the molecule is C[Si](C)(C)c1ccc(C2=CC(c3ccc([Si](C)(C)C)cc3)=[O+][B-](F)(F)O2)cc1. The molecule has 2 aromatic carbocycles. The molecule has 2 aromatic rings. The van der Waals surface area contributed by atoms with E-state index in [2.05, 4.69) is 39.3 Å². The lowest BCUT2D eigenvalue weighted by atomic mass is 10.0. The summed E-state index contributed by atoms with van der Waals surface area (Å²) in [4.78, 5) is 0. The average molecular weight is 416 g/mol. The summed E-state index contributed by atoms with van der Waals surface area (Å²) in [7, 11) is -7.31. The Morgan fingerprint density at radius 2 is 1.14 bits per heavy atom. The minimum atomic E-state index is -4.41. The van der Waals surface area contributed by atoms with E-state index >= 15 is 0 Å². The Morgan fingerprint density at radius 1 is 0.714 bits per heavy atom. The molecule has 1 aliphatic rings. The standard InChI is InChI=1S/C21H27BF2O2Si2/c1-27(2,3)18-11-7-16(8-12-18)20-15-21(26-22(23,24)25-20)17-9-13-19(14-10-17)28(4,5)6/h7-15H,1-6H3. The topological polar surface area (TPSA) is 20.5 Å². The molecule has 0 aromatic heterocycles. The first-order valence-corrected chi connectivity index (χ1v) is 16.5. The third-order valence-electron chi connectivity index (χ3n) is 4.86. The maximum atomic E-state index is 14.2. The molecule has 28 heavy (non-hydrogen) atoms. The number of benzene rings is 2. The molecule has 1 aliphatic heterocycles. The first kappa shape index (κ1) is 20.7. The number of carbonyl (C=O) groups excluding carboxylic acids is 1. The highest BCUT2D eigenvalue weighted by Gasteiger charge is 2.53. The van der Waals surface area contributed by atoms with Crippen LogP contribution in [0.5, 0.6) is 0 Å². The molecule has 2 nitrogen and oxygen atoms in total. The van der Waals surface area contributed by atoms with Crippen molar-refractivity contribution in [2.24, 2.45) is 0 Å². The molecule has 0 amide bonds. The summed E-state index contributed by atoms with van der Waals surface area (Å²) in [5, 5.41) is 2.54. The maximum Gasteiger partial charge on any atom is 0.995 e. The van der Waals surface area contributed by atoms with Gasteiger partial charge < -0.3 is 17.6 Å². The lowest BCUT2D eigenvalue weighted by Crippen LogP contribution is -2.37. The number of allylic oxidation sites excluding steroid dienone is 1. The largest absolute Gasteiger partial charge is 0.995 e. The van der Waals surface area contributed by atoms with Crippen LogP contribution in [0.4, 0.5) is 8.63 Å². The molecular formula is C21H27BF2O2Si2. The Balaban J connectivity index is 1.96. The van der Waals surface area contributed by atoms with E-state index in [1.807, 2.05) is 48.5 Å². The Hall–Kier alpha value is -1.99. The first-order valence-electron chi connectivity index (χ1n) is 9.54. The number of halogens is 2. The fourth-order valence-electron chi connectivity index (χ4n) is 3.08. The zero-order valence-electron chi connectivity index (χ0n) is 17.3. The molecule has 0 aliphatic carbocycles. The molecule has 3 rings (SSSR count). The second kappa shape index (κ2) is 7.12. The molecule has 0 saturated heterocycles. The number of ketones is 1. The summed E-state index contributed by atoms with van der Waals surface area (Å²) < 4.78 is 38.1. The van der Waals surface area contributed by atoms with Gasteiger partial charge >= 0.3 is 7.11 Å². The monoisotopic (exact) mass is 416 g/mol. The van der Waals surface area contributed by atoms with Gasteiger partial charge in [-0.1, -0.05) is 86.1 Å². The van der Waals surface area contributed by atoms with E-state index in [1.54, 1.807) is 6.08 Å². The van der Waals surface area contributed by atoms with Crippen LogP contribution in [-0.4, -0.2) is 29.0 Å². The van der Waals surface area contributed by atoms with E-state index in [9.17, 15) is 8.63 Å². The highest BCUT2D eigenvalue weighted by Crippen LogP contribution is 2.28. The lowest BCUT2D eigenvalue weighted by Gasteiger charge is -2.22. The van der Waals surface area contributed by atoms with Crippen LogP contribution < -0.4 is 10.4 Å². The van der Waals surface area contributed by atoms with Crippen molar-refractivity contribution < 1.29 is 17.6 Å². The summed E-state index contributed by atoms with van der Waals surface area (Å²) in [5.74, 6) is 0.283. The highest BCUT2D eigenvalue weighted by molar-refractivity contribution is 6.89. The summed E-state index contributed by atoms with van der Waals surface area (Å²) >= 11 is 0. The van der Waals surface area contributed by atoms with E-state index < -0.39 is 23.3 Å². The smallest absolute Gasteiger partial charge is 0.569 e. The second-order valence-electron chi connectivity index (χ2n) is 9.30. The Morgan fingerprint density at radius 3 is 1.57 bits per heavy atom. The van der Waals surface area contributed by atoms with Gasteiger partial charge in [0.1, 0.15) is 0 Å². The molecule has 0 fully saturated rings. The van der Waals surface area contributed by atoms with Gasteiger partial charge in [-0.05, 0) is 12.1 Å². The zero-order chi connectivity index (χ0) is 20.7. The zero-order valence-corrected chi connectivity index (χ0v) is 19.3. The van der Waals surface area contributed by atoms with Crippen molar-refractivity contribution in [1.82, 2.24) is 0 Å². The van der Waals surface area contributed by atoms with Crippen LogP contribution in [0.1, 0.15) is 15.5 Å². The fraction of sp³-hybridized carbons (Fsp3) is 0.286. The van der Waals surface area contributed by atoms with Crippen molar-refractivity contribution in [1.29, 1.82) is 0 Å². The van der Waals surface area contributed by atoms with Crippen molar-refractivity contribution in [3.05, 3.63) is 65.7 Å². The van der Waals surface area contributed by atoms with Crippen molar-refractivity contribution in [2.75, 3.05) is 0 Å². The molecule has 0 atom stereocenters. The van der Waals surface area contributed by atoms with Gasteiger partial charge in [0.15, 0.2) is 0 Å². The lowest BCUT2D eigenvalue weighted by molar-refractivity contribution is -0.183. The van der Waals surface area contributed by atoms with Crippen LogP contribution in [-0.2, 0) is 4.65 Å². The molecule has 148 valence electrons. The van der Waals surface area contributed by atoms with Crippen molar-refractivity contribution in [3.8, 4) is 0 Å². The van der Waals surface area contributed by atoms with Gasteiger partial charge in [0.2, 0.25) is 0 Å². The number of rotatable bonds is 4. The van der Waals surface area contributed by atoms with E-state index in [0.29, 0.717) is 11.1 Å². The molecule has 7 heteroatoms. The Bertz CT molecular complexity index is 923. The summed E-state index contributed by atoms with van der Waals surface area (Å²) in [5.41, 5.74) is 1.26. The van der Waals surface area contributed by atoms with Gasteiger partial charge in [0, 0.05) is 5.56 Å². The van der Waals surface area contributed by atoms with Gasteiger partial charge in [-0.15, -0.1) is 0 Å². The van der Waals surface area contributed by atoms with Gasteiger partial charge in [-0.3, -0.25) is 0 Å². The Kier molecular flexibility index (Phi) is 5.27. The maximum absolute atomic E-state index is 14.2. The van der Waals surface area contributed by atoms with Crippen LogP contribution >= 0.6 is 0 Å². The number of hydrogen-bond acceptors (Lipinski definition) is 1. The van der Waals surface area contributed by atoms with E-state index in [-0.39, 0.29) is 11.5 Å². The Labute approximate surface area is 168 Å². The summed E-state index contributed by atoms with van der Waals surface area (Å²) in [6.45, 7) is 13.5. The van der Waals surface area contributed by atoms with E-state index in [1.165, 1.54) is 10.4 Å². The van der Waals surface area contributed by atoms with Crippen molar-refractivity contribution >= 4 is 45.2 Å². The predicted molar refractivity (Wildman–Crippen MR) is 120 cm³/mol. The normalized spacial score (nSPS) is 16.9.